The number of nitrogens with two attached hydrogens (primary N) is 1. The third-order valence-electron chi connectivity index (χ3n) is 1.92. The standard InChI is InChI=1S/C9H17N3S/c1-9(2,3)5-4-7(10)8-11-6-13-12-8/h6-7H,4-5,10H2,1-3H3. The molecule has 1 atom stereocenters. The lowest BCUT2D eigenvalue weighted by Gasteiger charge is -2.19. The van der Waals surface area contributed by atoms with Crippen LogP contribution in [-0.2, 0) is 0 Å². The summed E-state index contributed by atoms with van der Waals surface area (Å²) < 4.78 is 4.12. The number of rotatable bonds is 3. The SMILES string of the molecule is CC(C)(C)CCC(N)c1ncsn1. The van der Waals surface area contributed by atoms with E-state index < -0.39 is 0 Å². The van der Waals surface area contributed by atoms with Gasteiger partial charge in [0.05, 0.1) is 6.04 Å². The van der Waals surface area contributed by atoms with Crippen LogP contribution in [0.5, 0.6) is 0 Å². The van der Waals surface area contributed by atoms with Crippen molar-refractivity contribution in [1.29, 1.82) is 0 Å². The third kappa shape index (κ3) is 3.83. The Balaban J connectivity index is 2.39. The molecule has 0 bridgehead atoms. The Bertz CT molecular complexity index is 238. The normalized spacial score (nSPS) is 14.5. The predicted octanol–water partition coefficient (Wildman–Crippen LogP) is 2.36. The highest BCUT2D eigenvalue weighted by molar-refractivity contribution is 7.03. The summed E-state index contributed by atoms with van der Waals surface area (Å²) in [5.74, 6) is 0.786. The molecular formula is C9H17N3S. The van der Waals surface area contributed by atoms with E-state index in [0.29, 0.717) is 5.41 Å². The zero-order valence-electron chi connectivity index (χ0n) is 8.45. The van der Waals surface area contributed by atoms with E-state index in [-0.39, 0.29) is 6.04 Å². The number of hydrogen-bond acceptors (Lipinski definition) is 4. The van der Waals surface area contributed by atoms with Gasteiger partial charge in [-0.1, -0.05) is 20.8 Å². The van der Waals surface area contributed by atoms with Crippen LogP contribution >= 0.6 is 11.5 Å². The van der Waals surface area contributed by atoms with E-state index in [1.54, 1.807) is 5.51 Å². The summed E-state index contributed by atoms with van der Waals surface area (Å²) in [4.78, 5) is 4.10. The van der Waals surface area contributed by atoms with Gasteiger partial charge in [-0.05, 0) is 29.8 Å². The minimum absolute atomic E-state index is 0.00507. The minimum Gasteiger partial charge on any atom is -0.321 e. The molecule has 0 aliphatic heterocycles. The fourth-order valence-electron chi connectivity index (χ4n) is 1.06. The average Bonchev–Trinajstić information content (AvgIpc) is 2.50. The number of hydrogen-bond donors (Lipinski definition) is 1. The van der Waals surface area contributed by atoms with Crippen molar-refractivity contribution in [3.8, 4) is 0 Å². The van der Waals surface area contributed by atoms with Crippen molar-refractivity contribution in [2.45, 2.75) is 39.7 Å². The highest BCUT2D eigenvalue weighted by atomic mass is 32.1. The largest absolute Gasteiger partial charge is 0.321 e. The Kier molecular flexibility index (Phi) is 3.39. The van der Waals surface area contributed by atoms with E-state index in [9.17, 15) is 0 Å². The molecule has 1 aromatic heterocycles. The summed E-state index contributed by atoms with van der Waals surface area (Å²) in [5, 5.41) is 0. The van der Waals surface area contributed by atoms with Gasteiger partial charge in [0.1, 0.15) is 5.51 Å². The van der Waals surface area contributed by atoms with Crippen LogP contribution in [0.4, 0.5) is 0 Å². The zero-order valence-corrected chi connectivity index (χ0v) is 9.27. The molecule has 4 heteroatoms. The summed E-state index contributed by atoms with van der Waals surface area (Å²) in [6, 6.07) is 0.00507. The molecule has 0 radical (unpaired) electrons. The Morgan fingerprint density at radius 3 is 2.69 bits per heavy atom. The van der Waals surface area contributed by atoms with Crippen LogP contribution in [0, 0.1) is 5.41 Å². The van der Waals surface area contributed by atoms with Crippen molar-refractivity contribution < 1.29 is 0 Å². The fraction of sp³-hybridized carbons (Fsp3) is 0.778. The van der Waals surface area contributed by atoms with Crippen LogP contribution in [0.1, 0.15) is 45.5 Å². The van der Waals surface area contributed by atoms with E-state index in [0.717, 1.165) is 18.7 Å². The zero-order chi connectivity index (χ0) is 9.90. The van der Waals surface area contributed by atoms with Crippen LogP contribution in [0.3, 0.4) is 0 Å². The van der Waals surface area contributed by atoms with E-state index in [4.69, 9.17) is 5.73 Å². The van der Waals surface area contributed by atoms with Crippen LogP contribution in [0.15, 0.2) is 5.51 Å². The summed E-state index contributed by atoms with van der Waals surface area (Å²) in [6.07, 6.45) is 2.06. The van der Waals surface area contributed by atoms with Gasteiger partial charge in [0, 0.05) is 0 Å². The molecule has 0 fully saturated rings. The second-order valence-electron chi connectivity index (χ2n) is 4.50. The molecule has 3 nitrogen and oxygen atoms in total. The van der Waals surface area contributed by atoms with Crippen LogP contribution in [0.25, 0.3) is 0 Å². The molecule has 1 unspecified atom stereocenters. The highest BCUT2D eigenvalue weighted by Gasteiger charge is 2.15. The van der Waals surface area contributed by atoms with Gasteiger partial charge >= 0.3 is 0 Å². The van der Waals surface area contributed by atoms with Crippen molar-refractivity contribution in [2.75, 3.05) is 0 Å². The van der Waals surface area contributed by atoms with Crippen LogP contribution in [0.2, 0.25) is 0 Å². The first-order valence-electron chi connectivity index (χ1n) is 4.51. The Hall–Kier alpha value is -0.480. The first-order chi connectivity index (χ1) is 5.99. The minimum atomic E-state index is 0.00507. The molecule has 0 aliphatic carbocycles. The second kappa shape index (κ2) is 4.15. The molecular weight excluding hydrogens is 182 g/mol. The molecule has 0 spiro atoms. The lowest BCUT2D eigenvalue weighted by atomic mass is 9.89. The summed E-state index contributed by atoms with van der Waals surface area (Å²) in [7, 11) is 0. The average molecular weight is 199 g/mol. The molecule has 0 amide bonds. The van der Waals surface area contributed by atoms with E-state index >= 15 is 0 Å². The highest BCUT2D eigenvalue weighted by Crippen LogP contribution is 2.24. The van der Waals surface area contributed by atoms with Gasteiger partial charge in [-0.3, -0.25) is 0 Å². The first-order valence-corrected chi connectivity index (χ1v) is 5.34. The lowest BCUT2D eigenvalue weighted by Crippen LogP contribution is -2.15. The number of nitrogens with zero attached hydrogens (tertiary/aromatic N) is 2. The molecule has 0 saturated carbocycles. The van der Waals surface area contributed by atoms with Gasteiger partial charge in [0.15, 0.2) is 5.82 Å². The van der Waals surface area contributed by atoms with Crippen molar-refractivity contribution in [2.24, 2.45) is 11.1 Å². The lowest BCUT2D eigenvalue weighted by molar-refractivity contribution is 0.347. The van der Waals surface area contributed by atoms with Gasteiger partial charge < -0.3 is 5.73 Å². The first kappa shape index (κ1) is 10.6. The maximum absolute atomic E-state index is 5.93. The second-order valence-corrected chi connectivity index (χ2v) is 5.10. The molecule has 74 valence electrons. The smallest absolute Gasteiger partial charge is 0.158 e. The van der Waals surface area contributed by atoms with Gasteiger partial charge in [-0.15, -0.1) is 0 Å². The van der Waals surface area contributed by atoms with E-state index in [1.165, 1.54) is 11.5 Å². The topological polar surface area (TPSA) is 51.8 Å². The van der Waals surface area contributed by atoms with Crippen LogP contribution < -0.4 is 5.73 Å². The van der Waals surface area contributed by atoms with Crippen molar-refractivity contribution in [3.63, 3.8) is 0 Å². The maximum Gasteiger partial charge on any atom is 0.158 e. The molecule has 1 rings (SSSR count). The van der Waals surface area contributed by atoms with Crippen molar-refractivity contribution >= 4 is 11.5 Å². The Morgan fingerprint density at radius 1 is 1.54 bits per heavy atom. The summed E-state index contributed by atoms with van der Waals surface area (Å²) in [6.45, 7) is 6.65. The summed E-state index contributed by atoms with van der Waals surface area (Å²) >= 11 is 1.36. The van der Waals surface area contributed by atoms with Gasteiger partial charge in [0.2, 0.25) is 0 Å². The molecule has 1 heterocycles. The fourth-order valence-corrected chi connectivity index (χ4v) is 1.55. The van der Waals surface area contributed by atoms with Crippen molar-refractivity contribution in [3.05, 3.63) is 11.3 Å². The maximum atomic E-state index is 5.93. The van der Waals surface area contributed by atoms with E-state index in [2.05, 4.69) is 30.1 Å². The van der Waals surface area contributed by atoms with Crippen molar-refractivity contribution in [1.82, 2.24) is 9.36 Å². The Morgan fingerprint density at radius 2 is 2.23 bits per heavy atom. The molecule has 0 saturated heterocycles. The van der Waals surface area contributed by atoms with Gasteiger partial charge in [-0.25, -0.2) is 4.98 Å². The molecule has 1 aromatic rings. The van der Waals surface area contributed by atoms with Gasteiger partial charge in [0.25, 0.3) is 0 Å². The third-order valence-corrected chi connectivity index (χ3v) is 2.41. The van der Waals surface area contributed by atoms with Gasteiger partial charge in [-0.2, -0.15) is 4.37 Å². The molecule has 0 aliphatic rings. The quantitative estimate of drug-likeness (QED) is 0.813. The molecule has 2 N–H and O–H groups in total. The Labute approximate surface area is 83.5 Å². The summed E-state index contributed by atoms with van der Waals surface area (Å²) in [5.41, 5.74) is 8.00. The molecule has 13 heavy (non-hydrogen) atoms. The molecule has 0 aromatic carbocycles. The van der Waals surface area contributed by atoms with Crippen LogP contribution in [-0.4, -0.2) is 9.36 Å². The number of aromatic nitrogens is 2. The predicted molar refractivity (Wildman–Crippen MR) is 55.5 cm³/mol. The monoisotopic (exact) mass is 199 g/mol. The van der Waals surface area contributed by atoms with E-state index in [1.807, 2.05) is 0 Å².